The fourth-order valence-electron chi connectivity index (χ4n) is 1.45. The standard InChI is InChI=1S/C8H8N2O3/c11-6-2-1-5(8(12)13)7-9-3-4-10(6)7/h1-2,9H,3-4H2,(H,12,13). The number of rotatable bonds is 1. The number of carbonyl (C=O) groups is 1. The molecular formula is C8H8N2O3. The van der Waals surface area contributed by atoms with Crippen molar-refractivity contribution in [3.05, 3.63) is 28.0 Å². The lowest BCUT2D eigenvalue weighted by Crippen LogP contribution is -2.18. The van der Waals surface area contributed by atoms with E-state index in [-0.39, 0.29) is 11.1 Å². The van der Waals surface area contributed by atoms with Crippen molar-refractivity contribution in [1.82, 2.24) is 4.57 Å². The van der Waals surface area contributed by atoms with Crippen molar-refractivity contribution >= 4 is 11.8 Å². The molecule has 13 heavy (non-hydrogen) atoms. The first-order chi connectivity index (χ1) is 6.20. The van der Waals surface area contributed by atoms with Crippen LogP contribution in [0, 0.1) is 0 Å². The van der Waals surface area contributed by atoms with Gasteiger partial charge >= 0.3 is 5.97 Å². The number of nitrogens with one attached hydrogen (secondary N) is 1. The van der Waals surface area contributed by atoms with Gasteiger partial charge in [-0.1, -0.05) is 0 Å². The molecule has 2 heterocycles. The molecule has 0 radical (unpaired) electrons. The molecule has 5 heteroatoms. The average Bonchev–Trinajstić information content (AvgIpc) is 2.53. The van der Waals surface area contributed by atoms with Crippen LogP contribution in [-0.2, 0) is 6.54 Å². The average molecular weight is 180 g/mol. The number of aromatic carboxylic acids is 1. The number of hydrogen-bond donors (Lipinski definition) is 2. The predicted octanol–water partition coefficient (Wildman–Crippen LogP) is -0.0280. The first kappa shape index (κ1) is 7.85. The Labute approximate surface area is 73.6 Å². The highest BCUT2D eigenvalue weighted by Crippen LogP contribution is 2.16. The Hall–Kier alpha value is -1.78. The summed E-state index contributed by atoms with van der Waals surface area (Å²) in [6, 6.07) is 2.61. The molecule has 0 amide bonds. The highest BCUT2D eigenvalue weighted by atomic mass is 16.4. The predicted molar refractivity (Wildman–Crippen MR) is 46.2 cm³/mol. The van der Waals surface area contributed by atoms with Crippen LogP contribution in [-0.4, -0.2) is 22.2 Å². The van der Waals surface area contributed by atoms with Gasteiger partial charge in [-0.3, -0.25) is 9.36 Å². The van der Waals surface area contributed by atoms with Crippen molar-refractivity contribution in [3.63, 3.8) is 0 Å². The quantitative estimate of drug-likeness (QED) is 0.636. The Morgan fingerprint density at radius 3 is 3.00 bits per heavy atom. The molecule has 1 aliphatic heterocycles. The molecule has 1 aromatic rings. The topological polar surface area (TPSA) is 71.3 Å². The van der Waals surface area contributed by atoms with E-state index in [9.17, 15) is 9.59 Å². The molecule has 2 rings (SSSR count). The van der Waals surface area contributed by atoms with E-state index >= 15 is 0 Å². The van der Waals surface area contributed by atoms with Crippen molar-refractivity contribution in [2.45, 2.75) is 6.54 Å². The smallest absolute Gasteiger partial charge is 0.339 e. The van der Waals surface area contributed by atoms with Gasteiger partial charge in [0.2, 0.25) is 0 Å². The number of carboxylic acids is 1. The summed E-state index contributed by atoms with van der Waals surface area (Å²) in [6.45, 7) is 1.15. The Bertz CT molecular complexity index is 422. The Kier molecular flexibility index (Phi) is 1.58. The van der Waals surface area contributed by atoms with Gasteiger partial charge in [-0.25, -0.2) is 4.79 Å². The van der Waals surface area contributed by atoms with Gasteiger partial charge in [0.05, 0.1) is 0 Å². The maximum Gasteiger partial charge on any atom is 0.339 e. The Morgan fingerprint density at radius 1 is 1.54 bits per heavy atom. The van der Waals surface area contributed by atoms with E-state index in [4.69, 9.17) is 5.11 Å². The lowest BCUT2D eigenvalue weighted by Gasteiger charge is -2.04. The third kappa shape index (κ3) is 1.09. The lowest BCUT2D eigenvalue weighted by molar-refractivity contribution is 0.0697. The zero-order chi connectivity index (χ0) is 9.42. The van der Waals surface area contributed by atoms with E-state index in [2.05, 4.69) is 5.32 Å². The van der Waals surface area contributed by atoms with Gasteiger partial charge in [-0.15, -0.1) is 0 Å². The molecule has 0 aliphatic carbocycles. The maximum atomic E-state index is 11.2. The first-order valence-electron chi connectivity index (χ1n) is 3.91. The molecule has 0 atom stereocenters. The summed E-state index contributed by atoms with van der Waals surface area (Å²) in [5.74, 6) is -0.599. The normalized spacial score (nSPS) is 13.5. The van der Waals surface area contributed by atoms with Gasteiger partial charge in [0.15, 0.2) is 0 Å². The maximum absolute atomic E-state index is 11.2. The fourth-order valence-corrected chi connectivity index (χ4v) is 1.45. The summed E-state index contributed by atoms with van der Waals surface area (Å²) in [6.07, 6.45) is 0. The lowest BCUT2D eigenvalue weighted by atomic mass is 10.2. The minimum absolute atomic E-state index is 0.150. The minimum Gasteiger partial charge on any atom is -0.478 e. The fraction of sp³-hybridized carbons (Fsp3) is 0.250. The second kappa shape index (κ2) is 2.62. The number of carboxylic acid groups (broad SMARTS) is 1. The zero-order valence-corrected chi connectivity index (χ0v) is 6.78. The monoisotopic (exact) mass is 180 g/mol. The second-order valence-electron chi connectivity index (χ2n) is 2.82. The Morgan fingerprint density at radius 2 is 2.31 bits per heavy atom. The van der Waals surface area contributed by atoms with Crippen LogP contribution in [0.5, 0.6) is 0 Å². The second-order valence-corrected chi connectivity index (χ2v) is 2.82. The largest absolute Gasteiger partial charge is 0.478 e. The molecule has 5 nitrogen and oxygen atoms in total. The van der Waals surface area contributed by atoms with Gasteiger partial charge in [-0.05, 0) is 6.07 Å². The van der Waals surface area contributed by atoms with Crippen LogP contribution >= 0.6 is 0 Å². The van der Waals surface area contributed by atoms with E-state index in [1.807, 2.05) is 0 Å². The van der Waals surface area contributed by atoms with Gasteiger partial charge in [-0.2, -0.15) is 0 Å². The summed E-state index contributed by atoms with van der Waals surface area (Å²) in [5, 5.41) is 11.7. The summed E-state index contributed by atoms with van der Waals surface area (Å²) in [5.41, 5.74) is -0.0119. The summed E-state index contributed by atoms with van der Waals surface area (Å²) in [7, 11) is 0. The Balaban J connectivity index is 2.69. The van der Waals surface area contributed by atoms with Crippen molar-refractivity contribution in [2.24, 2.45) is 0 Å². The SMILES string of the molecule is O=C(O)c1ccc(=O)n2c1NCC2. The van der Waals surface area contributed by atoms with Crippen molar-refractivity contribution in [3.8, 4) is 0 Å². The molecule has 0 bridgehead atoms. The van der Waals surface area contributed by atoms with E-state index in [0.29, 0.717) is 18.9 Å². The van der Waals surface area contributed by atoms with Crippen LogP contribution < -0.4 is 10.9 Å². The third-order valence-electron chi connectivity index (χ3n) is 2.04. The molecular weight excluding hydrogens is 172 g/mol. The van der Waals surface area contributed by atoms with Crippen molar-refractivity contribution < 1.29 is 9.90 Å². The molecule has 1 aromatic heterocycles. The van der Waals surface area contributed by atoms with Crippen LogP contribution in [0.4, 0.5) is 5.82 Å². The molecule has 2 N–H and O–H groups in total. The minimum atomic E-state index is -1.02. The highest BCUT2D eigenvalue weighted by molar-refractivity contribution is 5.93. The molecule has 0 unspecified atom stereocenters. The number of fused-ring (bicyclic) bond motifs is 1. The highest BCUT2D eigenvalue weighted by Gasteiger charge is 2.18. The molecule has 0 aromatic carbocycles. The van der Waals surface area contributed by atoms with Crippen LogP contribution in [0.2, 0.25) is 0 Å². The van der Waals surface area contributed by atoms with Crippen molar-refractivity contribution in [2.75, 3.05) is 11.9 Å². The molecule has 0 fully saturated rings. The molecule has 1 aliphatic rings. The van der Waals surface area contributed by atoms with Crippen LogP contribution in [0.15, 0.2) is 16.9 Å². The van der Waals surface area contributed by atoms with E-state index < -0.39 is 5.97 Å². The third-order valence-corrected chi connectivity index (χ3v) is 2.04. The van der Waals surface area contributed by atoms with Crippen molar-refractivity contribution in [1.29, 1.82) is 0 Å². The number of aromatic nitrogens is 1. The number of pyridine rings is 1. The summed E-state index contributed by atoms with van der Waals surface area (Å²) in [4.78, 5) is 21.9. The zero-order valence-electron chi connectivity index (χ0n) is 6.78. The van der Waals surface area contributed by atoms with Crippen LogP contribution in [0.25, 0.3) is 0 Å². The van der Waals surface area contributed by atoms with Gasteiger partial charge in [0.1, 0.15) is 11.4 Å². The van der Waals surface area contributed by atoms with E-state index in [1.54, 1.807) is 0 Å². The van der Waals surface area contributed by atoms with Gasteiger partial charge in [0, 0.05) is 19.2 Å². The number of hydrogen-bond acceptors (Lipinski definition) is 3. The first-order valence-corrected chi connectivity index (χ1v) is 3.91. The molecule has 68 valence electrons. The summed E-state index contributed by atoms with van der Waals surface area (Å²) < 4.78 is 1.43. The van der Waals surface area contributed by atoms with Gasteiger partial charge in [0.25, 0.3) is 5.56 Å². The van der Waals surface area contributed by atoms with E-state index in [1.165, 1.54) is 16.7 Å². The molecule has 0 saturated heterocycles. The number of nitrogens with zero attached hydrogens (tertiary/aromatic N) is 1. The van der Waals surface area contributed by atoms with E-state index in [0.717, 1.165) is 0 Å². The van der Waals surface area contributed by atoms with Gasteiger partial charge < -0.3 is 10.4 Å². The molecule has 0 saturated carbocycles. The molecule has 0 spiro atoms. The summed E-state index contributed by atoms with van der Waals surface area (Å²) >= 11 is 0. The van der Waals surface area contributed by atoms with Crippen LogP contribution in [0.3, 0.4) is 0 Å². The number of anilines is 1. The van der Waals surface area contributed by atoms with Crippen LogP contribution in [0.1, 0.15) is 10.4 Å².